The van der Waals surface area contributed by atoms with E-state index in [-0.39, 0.29) is 5.82 Å². The van der Waals surface area contributed by atoms with E-state index >= 15 is 0 Å². The van der Waals surface area contributed by atoms with Crippen LogP contribution in [0.2, 0.25) is 0 Å². The van der Waals surface area contributed by atoms with Crippen molar-refractivity contribution in [3.8, 4) is 5.69 Å². The SMILES string of the molecule is O=S(=O)(c1cccc(N2CCCC2)c1)N1CCC2=Cc3c(cnn3-c3ccc(F)cc3)CC2(COCC2CC2)C1. The van der Waals surface area contributed by atoms with Crippen LogP contribution in [0.25, 0.3) is 11.8 Å². The van der Waals surface area contributed by atoms with Gasteiger partial charge in [0.2, 0.25) is 10.0 Å². The summed E-state index contributed by atoms with van der Waals surface area (Å²) in [7, 11) is -3.68. The molecule has 2 aromatic carbocycles. The average Bonchev–Trinajstić information content (AvgIpc) is 3.45. The van der Waals surface area contributed by atoms with Crippen molar-refractivity contribution in [2.75, 3.05) is 44.3 Å². The fourth-order valence-electron chi connectivity index (χ4n) is 6.49. The first kappa shape index (κ1) is 25.9. The maximum atomic E-state index is 14.0. The van der Waals surface area contributed by atoms with Crippen LogP contribution in [0.3, 0.4) is 0 Å². The third-order valence-corrected chi connectivity index (χ3v) is 10.8. The zero-order valence-electron chi connectivity index (χ0n) is 22.6. The molecular weight excluding hydrogens is 527 g/mol. The molecule has 7 nitrogen and oxygen atoms in total. The van der Waals surface area contributed by atoms with Crippen LogP contribution in [-0.4, -0.2) is 61.9 Å². The highest BCUT2D eigenvalue weighted by atomic mass is 32.2. The lowest BCUT2D eigenvalue weighted by Crippen LogP contribution is -2.51. The minimum atomic E-state index is -3.68. The number of hydrogen-bond donors (Lipinski definition) is 0. The molecule has 0 spiro atoms. The van der Waals surface area contributed by atoms with E-state index in [1.54, 1.807) is 22.5 Å². The summed E-state index contributed by atoms with van der Waals surface area (Å²) in [6.07, 6.45) is 10.0. The molecule has 0 amide bonds. The Hall–Kier alpha value is -3.01. The maximum absolute atomic E-state index is 14.0. The minimum absolute atomic E-state index is 0.283. The van der Waals surface area contributed by atoms with E-state index in [1.165, 1.54) is 30.5 Å². The number of aromatic nitrogens is 2. The summed E-state index contributed by atoms with van der Waals surface area (Å²) < 4.78 is 51.4. The molecule has 1 aromatic heterocycles. The van der Waals surface area contributed by atoms with E-state index < -0.39 is 15.4 Å². The van der Waals surface area contributed by atoms with Crippen molar-refractivity contribution in [2.45, 2.75) is 43.4 Å². The second kappa shape index (κ2) is 10.1. The summed E-state index contributed by atoms with van der Waals surface area (Å²) in [5.74, 6) is 0.343. The van der Waals surface area contributed by atoms with E-state index in [0.717, 1.165) is 55.2 Å². The van der Waals surface area contributed by atoms with Gasteiger partial charge in [-0.05, 0) is 98.5 Å². The third kappa shape index (κ3) is 4.78. The lowest BCUT2D eigenvalue weighted by Gasteiger charge is -2.46. The number of rotatable bonds is 8. The van der Waals surface area contributed by atoms with Crippen LogP contribution >= 0.6 is 0 Å². The highest BCUT2D eigenvalue weighted by Gasteiger charge is 2.46. The lowest BCUT2D eigenvalue weighted by molar-refractivity contribution is 0.0358. The number of sulfonamides is 1. The Morgan fingerprint density at radius 1 is 1.02 bits per heavy atom. The largest absolute Gasteiger partial charge is 0.380 e. The fraction of sp³-hybridized carbons (Fsp3) is 0.452. The molecule has 0 bridgehead atoms. The van der Waals surface area contributed by atoms with Crippen LogP contribution in [0.1, 0.15) is 43.4 Å². The molecule has 3 heterocycles. The Balaban J connectivity index is 1.20. The highest BCUT2D eigenvalue weighted by molar-refractivity contribution is 7.89. The molecule has 2 aliphatic carbocycles. The molecule has 9 heteroatoms. The number of nitrogens with zero attached hydrogens (tertiary/aromatic N) is 4. The Labute approximate surface area is 235 Å². The summed E-state index contributed by atoms with van der Waals surface area (Å²) in [6, 6.07) is 13.8. The average molecular weight is 563 g/mol. The van der Waals surface area contributed by atoms with Crippen molar-refractivity contribution in [3.63, 3.8) is 0 Å². The first-order chi connectivity index (χ1) is 19.4. The number of halogens is 1. The second-order valence-electron chi connectivity index (χ2n) is 11.8. The molecular formula is C31H35FN4O3S. The summed E-state index contributed by atoms with van der Waals surface area (Å²) >= 11 is 0. The maximum Gasteiger partial charge on any atom is 0.243 e. The molecule has 1 saturated carbocycles. The number of fused-ring (bicyclic) bond motifs is 2. The van der Waals surface area contributed by atoms with Gasteiger partial charge in [-0.1, -0.05) is 11.6 Å². The molecule has 2 saturated heterocycles. The zero-order valence-corrected chi connectivity index (χ0v) is 23.5. The Kier molecular flexibility index (Phi) is 6.56. The zero-order chi connectivity index (χ0) is 27.3. The molecule has 4 aliphatic rings. The molecule has 3 fully saturated rings. The summed E-state index contributed by atoms with van der Waals surface area (Å²) in [5.41, 5.74) is 4.57. The number of ether oxygens (including phenoxy) is 1. The first-order valence-electron chi connectivity index (χ1n) is 14.4. The molecule has 40 heavy (non-hydrogen) atoms. The lowest BCUT2D eigenvalue weighted by atomic mass is 9.69. The third-order valence-electron chi connectivity index (χ3n) is 8.94. The van der Waals surface area contributed by atoms with Crippen molar-refractivity contribution in [3.05, 3.63) is 77.4 Å². The van der Waals surface area contributed by atoms with Gasteiger partial charge in [0.15, 0.2) is 0 Å². The second-order valence-corrected chi connectivity index (χ2v) is 13.7. The topological polar surface area (TPSA) is 67.7 Å². The van der Waals surface area contributed by atoms with Crippen molar-refractivity contribution < 1.29 is 17.5 Å². The predicted octanol–water partition coefficient (Wildman–Crippen LogP) is 5.06. The van der Waals surface area contributed by atoms with Crippen LogP contribution < -0.4 is 4.90 Å². The molecule has 210 valence electrons. The smallest absolute Gasteiger partial charge is 0.243 e. The fourth-order valence-corrected chi connectivity index (χ4v) is 8.05. The molecule has 2 aliphatic heterocycles. The predicted molar refractivity (Wildman–Crippen MR) is 152 cm³/mol. The van der Waals surface area contributed by atoms with Crippen LogP contribution in [-0.2, 0) is 21.2 Å². The van der Waals surface area contributed by atoms with Crippen LogP contribution in [0.15, 0.2) is 65.2 Å². The summed E-state index contributed by atoms with van der Waals surface area (Å²) in [6.45, 7) is 3.94. The Morgan fingerprint density at radius 3 is 2.60 bits per heavy atom. The Bertz CT molecular complexity index is 1540. The van der Waals surface area contributed by atoms with Crippen LogP contribution in [0, 0.1) is 17.2 Å². The standard InChI is InChI=1S/C31H35FN4O3S/c32-26-8-10-27(11-9-26)36-30-16-25-12-15-35(21-31(25,18-24(30)19-33-36)22-39-20-23-6-7-23)40(37,38)29-5-3-4-28(17-29)34-13-1-2-14-34/h3-5,8-11,16-17,19,23H,1-2,6-7,12-15,18,20-22H2. The van der Waals surface area contributed by atoms with E-state index in [1.807, 2.05) is 29.1 Å². The summed E-state index contributed by atoms with van der Waals surface area (Å²) in [4.78, 5) is 2.63. The van der Waals surface area contributed by atoms with Crippen LogP contribution in [0.4, 0.5) is 10.1 Å². The van der Waals surface area contributed by atoms with E-state index in [0.29, 0.717) is 43.4 Å². The van der Waals surface area contributed by atoms with Gasteiger partial charge in [0.25, 0.3) is 0 Å². The van der Waals surface area contributed by atoms with Crippen molar-refractivity contribution in [1.82, 2.24) is 14.1 Å². The number of benzene rings is 2. The van der Waals surface area contributed by atoms with E-state index in [2.05, 4.69) is 16.1 Å². The van der Waals surface area contributed by atoms with Crippen LogP contribution in [0.5, 0.6) is 0 Å². The van der Waals surface area contributed by atoms with Gasteiger partial charge in [-0.25, -0.2) is 17.5 Å². The van der Waals surface area contributed by atoms with Gasteiger partial charge in [0, 0.05) is 43.9 Å². The minimum Gasteiger partial charge on any atom is -0.380 e. The van der Waals surface area contributed by atoms with Crippen molar-refractivity contribution in [1.29, 1.82) is 0 Å². The normalized spacial score (nSPS) is 23.1. The molecule has 1 unspecified atom stereocenters. The van der Waals surface area contributed by atoms with E-state index in [9.17, 15) is 12.8 Å². The molecule has 1 atom stereocenters. The quantitative estimate of drug-likeness (QED) is 0.384. The van der Waals surface area contributed by atoms with Gasteiger partial charge >= 0.3 is 0 Å². The molecule has 7 rings (SSSR count). The first-order valence-corrected chi connectivity index (χ1v) is 15.8. The molecule has 0 radical (unpaired) electrons. The van der Waals surface area contributed by atoms with Gasteiger partial charge < -0.3 is 9.64 Å². The van der Waals surface area contributed by atoms with Gasteiger partial charge in [0.1, 0.15) is 5.82 Å². The van der Waals surface area contributed by atoms with Crippen molar-refractivity contribution >= 4 is 21.8 Å². The van der Waals surface area contributed by atoms with E-state index in [4.69, 9.17) is 4.74 Å². The number of piperidine rings is 1. The van der Waals surface area contributed by atoms with Gasteiger partial charge in [-0.3, -0.25) is 0 Å². The van der Waals surface area contributed by atoms with Gasteiger partial charge in [0.05, 0.1) is 29.1 Å². The summed E-state index contributed by atoms with van der Waals surface area (Å²) in [5, 5.41) is 4.64. The highest BCUT2D eigenvalue weighted by Crippen LogP contribution is 2.46. The number of anilines is 1. The Morgan fingerprint density at radius 2 is 1.82 bits per heavy atom. The van der Waals surface area contributed by atoms with Gasteiger partial charge in [-0.2, -0.15) is 9.40 Å². The number of hydrogen-bond acceptors (Lipinski definition) is 5. The van der Waals surface area contributed by atoms with Crippen molar-refractivity contribution in [2.24, 2.45) is 11.3 Å². The molecule has 0 N–H and O–H groups in total. The van der Waals surface area contributed by atoms with Gasteiger partial charge in [-0.15, -0.1) is 0 Å². The monoisotopic (exact) mass is 562 g/mol. The molecule has 3 aromatic rings.